The first-order valence-corrected chi connectivity index (χ1v) is 11.2. The number of aromatic nitrogens is 3. The summed E-state index contributed by atoms with van der Waals surface area (Å²) in [7, 11) is 4.44. The normalized spacial score (nSPS) is 10.7. The number of carbonyl (C=O) groups is 2. The zero-order valence-corrected chi connectivity index (χ0v) is 20.4. The highest BCUT2D eigenvalue weighted by atomic mass is 16.5. The minimum absolute atomic E-state index is 0.277. The van der Waals surface area contributed by atoms with Crippen LogP contribution in [0.5, 0.6) is 17.2 Å². The number of amides is 1. The fourth-order valence-electron chi connectivity index (χ4n) is 3.76. The number of hydrogen-bond acceptors (Lipinski definition) is 8. The van der Waals surface area contributed by atoms with E-state index in [2.05, 4.69) is 10.4 Å². The number of anilines is 1. The van der Waals surface area contributed by atoms with E-state index >= 15 is 0 Å². The molecule has 0 aliphatic carbocycles. The maximum atomic E-state index is 13.1. The van der Waals surface area contributed by atoms with Gasteiger partial charge in [0.1, 0.15) is 0 Å². The van der Waals surface area contributed by atoms with Crippen LogP contribution in [-0.4, -0.2) is 54.6 Å². The number of methoxy groups -OCH3 is 3. The number of rotatable bonds is 9. The average molecular weight is 491 g/mol. The molecule has 0 aliphatic heterocycles. The van der Waals surface area contributed by atoms with E-state index in [1.54, 1.807) is 29.1 Å². The van der Waals surface area contributed by atoms with E-state index in [9.17, 15) is 9.59 Å². The van der Waals surface area contributed by atoms with Gasteiger partial charge in [-0.25, -0.2) is 14.5 Å². The van der Waals surface area contributed by atoms with Gasteiger partial charge in [-0.2, -0.15) is 5.10 Å². The minimum atomic E-state index is -0.657. The Balaban J connectivity index is 1.55. The van der Waals surface area contributed by atoms with Crippen molar-refractivity contribution in [3.63, 3.8) is 0 Å². The van der Waals surface area contributed by atoms with Crippen LogP contribution in [-0.2, 0) is 16.1 Å². The van der Waals surface area contributed by atoms with Gasteiger partial charge in [-0.05, 0) is 13.0 Å². The maximum absolute atomic E-state index is 13.1. The summed E-state index contributed by atoms with van der Waals surface area (Å²) in [4.78, 5) is 30.3. The third kappa shape index (κ3) is 4.92. The molecule has 0 radical (unpaired) electrons. The van der Waals surface area contributed by atoms with Gasteiger partial charge in [0.25, 0.3) is 5.91 Å². The lowest BCUT2D eigenvalue weighted by molar-refractivity contribution is -0.119. The Morgan fingerprint density at radius 3 is 2.28 bits per heavy atom. The second-order valence-electron chi connectivity index (χ2n) is 7.66. The third-order valence-corrected chi connectivity index (χ3v) is 5.48. The molecule has 0 saturated carbocycles. The van der Waals surface area contributed by atoms with E-state index in [0.717, 1.165) is 5.56 Å². The molecule has 186 valence electrons. The molecule has 2 aromatic carbocycles. The van der Waals surface area contributed by atoms with Crippen LogP contribution in [0.25, 0.3) is 22.3 Å². The monoisotopic (exact) mass is 490 g/mol. The number of carbonyl (C=O) groups excluding carboxylic acids is 2. The number of hydrogen-bond donors (Lipinski definition) is 1. The van der Waals surface area contributed by atoms with Crippen LogP contribution in [0.4, 0.5) is 5.69 Å². The van der Waals surface area contributed by atoms with Gasteiger partial charge in [0.2, 0.25) is 5.75 Å². The second kappa shape index (κ2) is 10.8. The van der Waals surface area contributed by atoms with Gasteiger partial charge in [-0.3, -0.25) is 4.79 Å². The number of esters is 1. The van der Waals surface area contributed by atoms with Crippen molar-refractivity contribution in [2.24, 2.45) is 0 Å². The molecule has 10 nitrogen and oxygen atoms in total. The molecule has 2 aromatic heterocycles. The molecule has 4 rings (SSSR count). The van der Waals surface area contributed by atoms with Crippen molar-refractivity contribution >= 4 is 28.6 Å². The van der Waals surface area contributed by atoms with Crippen LogP contribution >= 0.6 is 0 Å². The number of benzene rings is 2. The summed E-state index contributed by atoms with van der Waals surface area (Å²) in [6.45, 7) is 2.02. The molecule has 0 fully saturated rings. The van der Waals surface area contributed by atoms with E-state index in [-0.39, 0.29) is 5.56 Å². The average Bonchev–Trinajstić information content (AvgIpc) is 3.34. The first-order chi connectivity index (χ1) is 17.5. The molecule has 0 saturated heterocycles. The Hall–Kier alpha value is -4.60. The topological polar surface area (TPSA) is 114 Å². The maximum Gasteiger partial charge on any atom is 0.339 e. The number of fused-ring (bicyclic) bond motifs is 1. The lowest BCUT2D eigenvalue weighted by atomic mass is 10.1. The van der Waals surface area contributed by atoms with Crippen molar-refractivity contribution in [2.45, 2.75) is 13.5 Å². The lowest BCUT2D eigenvalue weighted by Gasteiger charge is -2.14. The Morgan fingerprint density at radius 2 is 1.67 bits per heavy atom. The number of ether oxygens (including phenoxy) is 4. The molecule has 10 heteroatoms. The summed E-state index contributed by atoms with van der Waals surface area (Å²) >= 11 is 0. The summed E-state index contributed by atoms with van der Waals surface area (Å²) in [5.74, 6) is -0.0342. The van der Waals surface area contributed by atoms with Gasteiger partial charge in [0.15, 0.2) is 23.8 Å². The molecule has 0 aliphatic rings. The minimum Gasteiger partial charge on any atom is -0.493 e. The Kier molecular flexibility index (Phi) is 7.33. The molecule has 36 heavy (non-hydrogen) atoms. The molecule has 0 spiro atoms. The molecule has 1 N–H and O–H groups in total. The van der Waals surface area contributed by atoms with Crippen LogP contribution in [0, 0.1) is 0 Å². The quantitative estimate of drug-likeness (QED) is 0.351. The van der Waals surface area contributed by atoms with E-state index in [0.29, 0.717) is 46.2 Å². The fraction of sp³-hybridized carbons (Fsp3) is 0.231. The van der Waals surface area contributed by atoms with Gasteiger partial charge in [0, 0.05) is 29.9 Å². The van der Waals surface area contributed by atoms with Crippen molar-refractivity contribution in [2.75, 3.05) is 33.3 Å². The first-order valence-electron chi connectivity index (χ1n) is 11.2. The highest BCUT2D eigenvalue weighted by Gasteiger charge is 2.20. The van der Waals surface area contributed by atoms with Crippen molar-refractivity contribution in [1.29, 1.82) is 0 Å². The summed E-state index contributed by atoms with van der Waals surface area (Å²) in [6.07, 6.45) is 1.58. The third-order valence-electron chi connectivity index (χ3n) is 5.48. The van der Waals surface area contributed by atoms with Crippen molar-refractivity contribution in [3.05, 3.63) is 60.3 Å². The Morgan fingerprint density at radius 1 is 0.972 bits per heavy atom. The zero-order chi connectivity index (χ0) is 25.7. The molecule has 2 heterocycles. The van der Waals surface area contributed by atoms with Crippen LogP contribution in [0.2, 0.25) is 0 Å². The van der Waals surface area contributed by atoms with Crippen LogP contribution < -0.4 is 19.5 Å². The summed E-state index contributed by atoms with van der Waals surface area (Å²) in [6, 6.07) is 14.3. The number of aryl methyl sites for hydroxylation is 1. The lowest BCUT2D eigenvalue weighted by Crippen LogP contribution is -2.21. The predicted molar refractivity (Wildman–Crippen MR) is 134 cm³/mol. The molecule has 0 unspecified atom stereocenters. The smallest absolute Gasteiger partial charge is 0.339 e. The molecular formula is C26H26N4O6. The highest BCUT2D eigenvalue weighted by Crippen LogP contribution is 2.39. The number of pyridine rings is 1. The van der Waals surface area contributed by atoms with E-state index in [1.807, 2.05) is 37.3 Å². The van der Waals surface area contributed by atoms with Crippen molar-refractivity contribution in [3.8, 4) is 28.5 Å². The van der Waals surface area contributed by atoms with Gasteiger partial charge in [-0.15, -0.1) is 0 Å². The molecule has 0 atom stereocenters. The number of nitrogens with zero attached hydrogens (tertiary/aromatic N) is 3. The van der Waals surface area contributed by atoms with Gasteiger partial charge in [-0.1, -0.05) is 30.3 Å². The summed E-state index contributed by atoms with van der Waals surface area (Å²) in [5.41, 5.74) is 2.68. The molecule has 1 amide bonds. The molecular weight excluding hydrogens is 464 g/mol. The fourth-order valence-corrected chi connectivity index (χ4v) is 3.76. The van der Waals surface area contributed by atoms with E-state index < -0.39 is 18.5 Å². The van der Waals surface area contributed by atoms with Crippen LogP contribution in [0.1, 0.15) is 17.3 Å². The van der Waals surface area contributed by atoms with Crippen molar-refractivity contribution in [1.82, 2.24) is 14.8 Å². The Bertz CT molecular complexity index is 1380. The van der Waals surface area contributed by atoms with Crippen LogP contribution in [0.3, 0.4) is 0 Å². The molecule has 4 aromatic rings. The largest absolute Gasteiger partial charge is 0.493 e. The molecule has 0 bridgehead atoms. The van der Waals surface area contributed by atoms with E-state index in [1.165, 1.54) is 21.3 Å². The van der Waals surface area contributed by atoms with Gasteiger partial charge >= 0.3 is 5.97 Å². The number of nitrogens with one attached hydrogen (secondary N) is 1. The zero-order valence-electron chi connectivity index (χ0n) is 20.4. The summed E-state index contributed by atoms with van der Waals surface area (Å²) in [5, 5.41) is 7.55. The van der Waals surface area contributed by atoms with Gasteiger partial charge in [0.05, 0.1) is 44.2 Å². The standard InChI is InChI=1S/C26H26N4O6/c1-5-30-25-19(14-27-30)18(13-20(29-25)16-9-7-6-8-10-16)26(32)36-15-23(31)28-17-11-21(33-2)24(35-4)22(12-17)34-3/h6-14H,5,15H2,1-4H3,(H,28,31). The first kappa shape index (κ1) is 24.5. The van der Waals surface area contributed by atoms with Gasteiger partial charge < -0.3 is 24.3 Å². The summed E-state index contributed by atoms with van der Waals surface area (Å²) < 4.78 is 23.0. The SMILES string of the molecule is CCn1ncc2c(C(=O)OCC(=O)Nc3cc(OC)c(OC)c(OC)c3)cc(-c3ccccc3)nc21. The highest BCUT2D eigenvalue weighted by molar-refractivity contribution is 6.04. The Labute approximate surface area is 207 Å². The second-order valence-corrected chi connectivity index (χ2v) is 7.66. The van der Waals surface area contributed by atoms with E-state index in [4.69, 9.17) is 23.9 Å². The predicted octanol–water partition coefficient (Wildman–Crippen LogP) is 3.94. The van der Waals surface area contributed by atoms with Crippen LogP contribution in [0.15, 0.2) is 54.7 Å². The van der Waals surface area contributed by atoms with Crippen molar-refractivity contribution < 1.29 is 28.5 Å².